The van der Waals surface area contributed by atoms with E-state index in [2.05, 4.69) is 31.3 Å². The van der Waals surface area contributed by atoms with E-state index < -0.39 is 23.7 Å². The van der Waals surface area contributed by atoms with Crippen molar-refractivity contribution in [1.82, 2.24) is 35.4 Å². The minimum Gasteiger partial charge on any atom is -0.367 e. The highest BCUT2D eigenvalue weighted by atomic mass is 19.1. The Morgan fingerprint density at radius 2 is 1.97 bits per heavy atom. The number of halogens is 1. The Hall–Kier alpha value is -4.32. The molecule has 1 aliphatic carbocycles. The second kappa shape index (κ2) is 9.86. The first-order valence-electron chi connectivity index (χ1n) is 12.7. The van der Waals surface area contributed by atoms with E-state index in [0.717, 1.165) is 45.3 Å². The van der Waals surface area contributed by atoms with Crippen molar-refractivity contribution < 1.29 is 18.8 Å². The SMILES string of the molecule is O=C1NC(=O)/C(=C/c2cnn3c(NC4CC4)cc(-c4ccc(F)c(C(=O)NCCN5CCCC5)c4)nc23)N1. The molecule has 0 atom stereocenters. The quantitative estimate of drug-likeness (QED) is 0.265. The zero-order valence-corrected chi connectivity index (χ0v) is 20.6. The number of anilines is 1. The van der Waals surface area contributed by atoms with Crippen LogP contribution in [0.4, 0.5) is 15.0 Å². The molecular weight excluding hydrogens is 491 g/mol. The molecule has 3 aliphatic rings. The maximum absolute atomic E-state index is 14.7. The van der Waals surface area contributed by atoms with Crippen molar-refractivity contribution in [2.75, 3.05) is 31.5 Å². The van der Waals surface area contributed by atoms with Gasteiger partial charge in [-0.3, -0.25) is 14.9 Å². The van der Waals surface area contributed by atoms with Crippen LogP contribution in [0.1, 0.15) is 41.6 Å². The molecule has 38 heavy (non-hydrogen) atoms. The van der Waals surface area contributed by atoms with E-state index in [1.165, 1.54) is 18.2 Å². The number of carbonyl (C=O) groups excluding carboxylic acids is 3. The van der Waals surface area contributed by atoms with Gasteiger partial charge in [-0.1, -0.05) is 0 Å². The lowest BCUT2D eigenvalue weighted by atomic mass is 10.1. The van der Waals surface area contributed by atoms with E-state index in [1.807, 2.05) is 6.07 Å². The zero-order valence-electron chi connectivity index (χ0n) is 20.6. The third-order valence-electron chi connectivity index (χ3n) is 6.87. The number of urea groups is 1. The highest BCUT2D eigenvalue weighted by molar-refractivity contribution is 6.14. The summed E-state index contributed by atoms with van der Waals surface area (Å²) in [6.45, 7) is 3.23. The summed E-state index contributed by atoms with van der Waals surface area (Å²) < 4.78 is 16.3. The molecule has 11 nitrogen and oxygen atoms in total. The van der Waals surface area contributed by atoms with Gasteiger partial charge in [0.25, 0.3) is 11.8 Å². The Morgan fingerprint density at radius 3 is 2.71 bits per heavy atom. The van der Waals surface area contributed by atoms with Crippen molar-refractivity contribution >= 4 is 35.4 Å². The van der Waals surface area contributed by atoms with Crippen LogP contribution in [0.15, 0.2) is 36.2 Å². The van der Waals surface area contributed by atoms with Crippen molar-refractivity contribution in [2.24, 2.45) is 0 Å². The van der Waals surface area contributed by atoms with Crippen LogP contribution in [0.25, 0.3) is 23.0 Å². The third kappa shape index (κ3) is 4.94. The number of rotatable bonds is 8. The summed E-state index contributed by atoms with van der Waals surface area (Å²) in [6.07, 6.45) is 7.45. The topological polar surface area (TPSA) is 133 Å². The number of nitrogens with one attached hydrogen (secondary N) is 4. The minimum absolute atomic E-state index is 0.0523. The van der Waals surface area contributed by atoms with E-state index in [-0.39, 0.29) is 11.3 Å². The average Bonchev–Trinajstić information content (AvgIpc) is 3.24. The maximum Gasteiger partial charge on any atom is 0.326 e. The van der Waals surface area contributed by atoms with Crippen molar-refractivity contribution in [2.45, 2.75) is 31.7 Å². The van der Waals surface area contributed by atoms with E-state index in [4.69, 9.17) is 4.98 Å². The van der Waals surface area contributed by atoms with Gasteiger partial charge in [0, 0.05) is 36.3 Å². The van der Waals surface area contributed by atoms with E-state index in [1.54, 1.807) is 16.8 Å². The Kier molecular flexibility index (Phi) is 6.24. The molecule has 2 aliphatic heterocycles. The minimum atomic E-state index is -0.609. The first-order valence-corrected chi connectivity index (χ1v) is 12.7. The van der Waals surface area contributed by atoms with Crippen molar-refractivity contribution in [3.05, 3.63) is 53.1 Å². The first kappa shape index (κ1) is 24.0. The van der Waals surface area contributed by atoms with Crippen LogP contribution in [-0.2, 0) is 4.79 Å². The standard InChI is InChI=1S/C26H27FN8O3/c27-19-6-3-15(11-18(19)24(36)28-7-10-34-8-1-2-9-34)20-13-22(30-17-4-5-17)35-23(31-20)16(14-29-35)12-21-25(37)33-26(38)32-21/h3,6,11-14,17,30H,1-2,4-5,7-10H2,(H,28,36)(H2,32,33,37,38)/b21-12-. The van der Waals surface area contributed by atoms with Gasteiger partial charge < -0.3 is 20.9 Å². The van der Waals surface area contributed by atoms with E-state index in [0.29, 0.717) is 40.9 Å². The summed E-state index contributed by atoms with van der Waals surface area (Å²) in [6, 6.07) is 5.86. The summed E-state index contributed by atoms with van der Waals surface area (Å²) in [4.78, 5) is 43.4. The van der Waals surface area contributed by atoms with Gasteiger partial charge in [0.15, 0.2) is 5.65 Å². The maximum atomic E-state index is 14.7. The molecule has 12 heteroatoms. The molecule has 6 rings (SSSR count). The summed E-state index contributed by atoms with van der Waals surface area (Å²) >= 11 is 0. The molecule has 0 spiro atoms. The Morgan fingerprint density at radius 1 is 1.16 bits per heavy atom. The summed E-state index contributed by atoms with van der Waals surface area (Å²) in [5.41, 5.74) is 2.05. The van der Waals surface area contributed by atoms with Crippen LogP contribution in [0.3, 0.4) is 0 Å². The number of imide groups is 1. The zero-order chi connectivity index (χ0) is 26.2. The summed E-state index contributed by atoms with van der Waals surface area (Å²) in [5.74, 6) is -0.944. The average molecular weight is 519 g/mol. The molecule has 0 bridgehead atoms. The fourth-order valence-corrected chi connectivity index (χ4v) is 4.69. The summed E-state index contributed by atoms with van der Waals surface area (Å²) in [7, 11) is 0. The molecule has 2 saturated heterocycles. The largest absolute Gasteiger partial charge is 0.367 e. The number of hydrogen-bond acceptors (Lipinski definition) is 7. The van der Waals surface area contributed by atoms with Crippen LogP contribution < -0.4 is 21.3 Å². The number of benzene rings is 1. The molecule has 196 valence electrons. The van der Waals surface area contributed by atoms with Gasteiger partial charge in [0.05, 0.1) is 17.5 Å². The molecule has 2 aromatic heterocycles. The second-order valence-electron chi connectivity index (χ2n) is 9.75. The number of nitrogens with zero attached hydrogens (tertiary/aromatic N) is 4. The molecule has 3 fully saturated rings. The van der Waals surface area contributed by atoms with Crippen molar-refractivity contribution in [3.8, 4) is 11.3 Å². The van der Waals surface area contributed by atoms with Gasteiger partial charge in [0.1, 0.15) is 17.3 Å². The van der Waals surface area contributed by atoms with Crippen LogP contribution >= 0.6 is 0 Å². The molecule has 4 N–H and O–H groups in total. The molecule has 0 unspecified atom stereocenters. The van der Waals surface area contributed by atoms with Gasteiger partial charge in [0.2, 0.25) is 0 Å². The number of likely N-dealkylation sites (tertiary alicyclic amines) is 1. The molecule has 1 saturated carbocycles. The van der Waals surface area contributed by atoms with Gasteiger partial charge in [-0.2, -0.15) is 9.61 Å². The fraction of sp³-hybridized carbons (Fsp3) is 0.346. The van der Waals surface area contributed by atoms with Gasteiger partial charge in [-0.25, -0.2) is 14.2 Å². The summed E-state index contributed by atoms with van der Waals surface area (Å²) in [5, 5.41) is 15.3. The van der Waals surface area contributed by atoms with Crippen molar-refractivity contribution in [1.29, 1.82) is 0 Å². The van der Waals surface area contributed by atoms with Gasteiger partial charge >= 0.3 is 6.03 Å². The van der Waals surface area contributed by atoms with E-state index in [9.17, 15) is 18.8 Å². The first-order chi connectivity index (χ1) is 18.4. The van der Waals surface area contributed by atoms with Crippen LogP contribution in [-0.4, -0.2) is 69.6 Å². The number of hydrogen-bond donors (Lipinski definition) is 4. The highest BCUT2D eigenvalue weighted by Gasteiger charge is 2.26. The second-order valence-corrected chi connectivity index (χ2v) is 9.75. The lowest BCUT2D eigenvalue weighted by molar-refractivity contribution is -0.115. The normalized spacial score (nSPS) is 18.7. The number of carbonyl (C=O) groups is 3. The lowest BCUT2D eigenvalue weighted by Crippen LogP contribution is -2.33. The lowest BCUT2D eigenvalue weighted by Gasteiger charge is -2.15. The number of aromatic nitrogens is 3. The number of amides is 4. The smallest absolute Gasteiger partial charge is 0.326 e. The molecule has 0 radical (unpaired) electrons. The third-order valence-corrected chi connectivity index (χ3v) is 6.87. The molecule has 4 heterocycles. The predicted molar refractivity (Wildman–Crippen MR) is 138 cm³/mol. The Balaban J connectivity index is 1.32. The Bertz CT molecular complexity index is 1470. The van der Waals surface area contributed by atoms with Gasteiger partial charge in [-0.15, -0.1) is 0 Å². The van der Waals surface area contributed by atoms with Crippen LogP contribution in [0.2, 0.25) is 0 Å². The molecular formula is C26H27FN8O3. The van der Waals surface area contributed by atoms with Gasteiger partial charge in [-0.05, 0) is 63.0 Å². The van der Waals surface area contributed by atoms with E-state index >= 15 is 0 Å². The Labute approximate surface area is 217 Å². The van der Waals surface area contributed by atoms with Crippen LogP contribution in [0, 0.1) is 5.82 Å². The molecule has 1 aromatic carbocycles. The fourth-order valence-electron chi connectivity index (χ4n) is 4.69. The molecule has 4 amide bonds. The van der Waals surface area contributed by atoms with Crippen molar-refractivity contribution in [3.63, 3.8) is 0 Å². The predicted octanol–water partition coefficient (Wildman–Crippen LogP) is 2.12. The van der Waals surface area contributed by atoms with Crippen LogP contribution in [0.5, 0.6) is 0 Å². The monoisotopic (exact) mass is 518 g/mol. The molecule has 3 aromatic rings. The highest BCUT2D eigenvalue weighted by Crippen LogP contribution is 2.30. The number of fused-ring (bicyclic) bond motifs is 1.